The SMILES string of the molecule is CCOc1ccc(-c2nc(CSc3nnnn3Cc3ccccc3)cs2)cc1. The molecule has 2 aromatic carbocycles. The van der Waals surface area contributed by atoms with Crippen LogP contribution in [0.25, 0.3) is 10.6 Å². The zero-order valence-corrected chi connectivity index (χ0v) is 17.0. The van der Waals surface area contributed by atoms with Crippen molar-refractivity contribution in [2.24, 2.45) is 0 Å². The maximum absolute atomic E-state index is 5.49. The molecule has 8 heteroatoms. The average molecular weight is 410 g/mol. The Morgan fingerprint density at radius 3 is 2.68 bits per heavy atom. The summed E-state index contributed by atoms with van der Waals surface area (Å²) in [5, 5.41) is 16.0. The van der Waals surface area contributed by atoms with Gasteiger partial charge in [0.05, 0.1) is 18.8 Å². The number of nitrogens with zero attached hydrogens (tertiary/aromatic N) is 5. The van der Waals surface area contributed by atoms with E-state index in [0.717, 1.165) is 32.9 Å². The summed E-state index contributed by atoms with van der Waals surface area (Å²) in [6.07, 6.45) is 0. The molecule has 0 fully saturated rings. The maximum atomic E-state index is 5.49. The minimum atomic E-state index is 0.657. The summed E-state index contributed by atoms with van der Waals surface area (Å²) in [7, 11) is 0. The lowest BCUT2D eigenvalue weighted by Crippen LogP contribution is -2.03. The second-order valence-corrected chi connectivity index (χ2v) is 7.80. The molecule has 28 heavy (non-hydrogen) atoms. The smallest absolute Gasteiger partial charge is 0.210 e. The first-order valence-electron chi connectivity index (χ1n) is 8.92. The number of benzene rings is 2. The lowest BCUT2D eigenvalue weighted by atomic mass is 10.2. The van der Waals surface area contributed by atoms with Gasteiger partial charge in [-0.1, -0.05) is 42.1 Å². The number of hydrogen-bond donors (Lipinski definition) is 0. The second kappa shape index (κ2) is 8.99. The zero-order valence-electron chi connectivity index (χ0n) is 15.4. The van der Waals surface area contributed by atoms with Crippen LogP contribution in [-0.4, -0.2) is 31.8 Å². The van der Waals surface area contributed by atoms with Gasteiger partial charge in [-0.15, -0.1) is 16.4 Å². The number of thiazole rings is 1. The van der Waals surface area contributed by atoms with Crippen molar-refractivity contribution < 1.29 is 4.74 Å². The van der Waals surface area contributed by atoms with Gasteiger partial charge in [-0.25, -0.2) is 9.67 Å². The molecule has 4 aromatic rings. The van der Waals surface area contributed by atoms with E-state index in [9.17, 15) is 0 Å². The van der Waals surface area contributed by atoms with Crippen LogP contribution in [0.1, 0.15) is 18.2 Å². The summed E-state index contributed by atoms with van der Waals surface area (Å²) in [6, 6.07) is 18.2. The Labute approximate surface area is 171 Å². The van der Waals surface area contributed by atoms with Gasteiger partial charge in [-0.2, -0.15) is 0 Å². The Morgan fingerprint density at radius 2 is 1.89 bits per heavy atom. The lowest BCUT2D eigenvalue weighted by Gasteiger charge is -2.04. The van der Waals surface area contributed by atoms with E-state index in [4.69, 9.17) is 9.72 Å². The van der Waals surface area contributed by atoms with Crippen molar-refractivity contribution in [3.8, 4) is 16.3 Å². The van der Waals surface area contributed by atoms with Gasteiger partial charge in [-0.05, 0) is 47.2 Å². The fourth-order valence-electron chi connectivity index (χ4n) is 2.66. The van der Waals surface area contributed by atoms with Crippen LogP contribution >= 0.6 is 23.1 Å². The van der Waals surface area contributed by atoms with E-state index in [1.54, 1.807) is 23.1 Å². The van der Waals surface area contributed by atoms with Gasteiger partial charge in [0, 0.05) is 16.7 Å². The van der Waals surface area contributed by atoms with Crippen molar-refractivity contribution in [2.45, 2.75) is 24.4 Å². The van der Waals surface area contributed by atoms with Gasteiger partial charge < -0.3 is 4.74 Å². The molecule has 2 aromatic heterocycles. The van der Waals surface area contributed by atoms with Crippen molar-refractivity contribution in [3.63, 3.8) is 0 Å². The average Bonchev–Trinajstić information content (AvgIpc) is 3.37. The Kier molecular flexibility index (Phi) is 5.98. The maximum Gasteiger partial charge on any atom is 0.210 e. The summed E-state index contributed by atoms with van der Waals surface area (Å²) in [5.41, 5.74) is 3.29. The number of ether oxygens (including phenoxy) is 1. The topological polar surface area (TPSA) is 65.7 Å². The zero-order chi connectivity index (χ0) is 19.2. The Hall–Kier alpha value is -2.71. The minimum Gasteiger partial charge on any atom is -0.494 e. The van der Waals surface area contributed by atoms with Gasteiger partial charge in [0.15, 0.2) is 0 Å². The van der Waals surface area contributed by atoms with E-state index in [1.165, 1.54) is 5.56 Å². The summed E-state index contributed by atoms with van der Waals surface area (Å²) in [6.45, 7) is 3.31. The van der Waals surface area contributed by atoms with E-state index < -0.39 is 0 Å². The predicted octanol–water partition coefficient (Wildman–Crippen LogP) is 4.54. The molecule has 0 unspecified atom stereocenters. The van der Waals surface area contributed by atoms with Gasteiger partial charge in [0.2, 0.25) is 5.16 Å². The number of aromatic nitrogens is 5. The first-order chi connectivity index (χ1) is 13.8. The van der Waals surface area contributed by atoms with E-state index in [1.807, 2.05) is 54.1 Å². The first kappa shape index (κ1) is 18.6. The predicted molar refractivity (Wildman–Crippen MR) is 112 cm³/mol. The molecule has 0 aliphatic heterocycles. The fraction of sp³-hybridized carbons (Fsp3) is 0.200. The summed E-state index contributed by atoms with van der Waals surface area (Å²) < 4.78 is 7.31. The van der Waals surface area contributed by atoms with E-state index in [0.29, 0.717) is 13.2 Å². The highest BCUT2D eigenvalue weighted by molar-refractivity contribution is 7.98. The Balaban J connectivity index is 1.39. The molecule has 0 bridgehead atoms. The van der Waals surface area contributed by atoms with Crippen LogP contribution in [0.2, 0.25) is 0 Å². The van der Waals surface area contributed by atoms with E-state index >= 15 is 0 Å². The fourth-order valence-corrected chi connectivity index (χ4v) is 4.36. The van der Waals surface area contributed by atoms with Gasteiger partial charge in [0.1, 0.15) is 10.8 Å². The van der Waals surface area contributed by atoms with Crippen LogP contribution in [0.4, 0.5) is 0 Å². The van der Waals surface area contributed by atoms with Crippen molar-refractivity contribution in [2.75, 3.05) is 6.61 Å². The standard InChI is InChI=1S/C20H19N5OS2/c1-2-26-18-10-8-16(9-11-18)19-21-17(13-27-19)14-28-20-22-23-24-25(20)12-15-6-4-3-5-7-15/h3-11,13H,2,12,14H2,1H3. The van der Waals surface area contributed by atoms with Crippen LogP contribution in [-0.2, 0) is 12.3 Å². The molecule has 0 amide bonds. The summed E-state index contributed by atoms with van der Waals surface area (Å²) >= 11 is 3.24. The van der Waals surface area contributed by atoms with Crippen molar-refractivity contribution in [1.29, 1.82) is 0 Å². The second-order valence-electron chi connectivity index (χ2n) is 5.99. The Morgan fingerprint density at radius 1 is 1.07 bits per heavy atom. The number of thioether (sulfide) groups is 1. The van der Waals surface area contributed by atoms with Crippen LogP contribution in [0.3, 0.4) is 0 Å². The highest BCUT2D eigenvalue weighted by Crippen LogP contribution is 2.28. The van der Waals surface area contributed by atoms with Crippen LogP contribution in [0, 0.1) is 0 Å². The van der Waals surface area contributed by atoms with Crippen molar-refractivity contribution in [3.05, 3.63) is 71.2 Å². The molecule has 0 saturated carbocycles. The quantitative estimate of drug-likeness (QED) is 0.398. The van der Waals surface area contributed by atoms with Gasteiger partial charge in [-0.3, -0.25) is 0 Å². The molecule has 142 valence electrons. The minimum absolute atomic E-state index is 0.657. The van der Waals surface area contributed by atoms with Crippen LogP contribution in [0.15, 0.2) is 65.1 Å². The molecule has 0 atom stereocenters. The van der Waals surface area contributed by atoms with Crippen molar-refractivity contribution >= 4 is 23.1 Å². The summed E-state index contributed by atoms with van der Waals surface area (Å²) in [4.78, 5) is 4.75. The molecule has 0 N–H and O–H groups in total. The molecule has 0 aliphatic carbocycles. The third-order valence-electron chi connectivity index (χ3n) is 3.99. The monoisotopic (exact) mass is 409 g/mol. The summed E-state index contributed by atoms with van der Waals surface area (Å²) in [5.74, 6) is 1.60. The largest absolute Gasteiger partial charge is 0.494 e. The third-order valence-corrected chi connectivity index (χ3v) is 5.92. The molecule has 2 heterocycles. The molecular weight excluding hydrogens is 390 g/mol. The molecule has 0 aliphatic rings. The molecule has 4 rings (SSSR count). The van der Waals surface area contributed by atoms with Gasteiger partial charge >= 0.3 is 0 Å². The Bertz CT molecular complexity index is 1010. The normalized spacial score (nSPS) is 10.9. The van der Waals surface area contributed by atoms with E-state index in [2.05, 4.69) is 33.0 Å². The molecule has 0 spiro atoms. The molecular formula is C20H19N5OS2. The molecule has 0 radical (unpaired) electrons. The number of hydrogen-bond acceptors (Lipinski definition) is 7. The van der Waals surface area contributed by atoms with Crippen LogP contribution < -0.4 is 4.74 Å². The highest BCUT2D eigenvalue weighted by atomic mass is 32.2. The third kappa shape index (κ3) is 4.58. The molecule has 6 nitrogen and oxygen atoms in total. The lowest BCUT2D eigenvalue weighted by molar-refractivity contribution is 0.340. The number of tetrazole rings is 1. The van der Waals surface area contributed by atoms with Crippen LogP contribution in [0.5, 0.6) is 5.75 Å². The van der Waals surface area contributed by atoms with E-state index in [-0.39, 0.29) is 0 Å². The van der Waals surface area contributed by atoms with Gasteiger partial charge in [0.25, 0.3) is 0 Å². The first-order valence-corrected chi connectivity index (χ1v) is 10.8. The highest BCUT2D eigenvalue weighted by Gasteiger charge is 2.10. The molecule has 0 saturated heterocycles. The number of rotatable bonds is 8. The van der Waals surface area contributed by atoms with Crippen molar-refractivity contribution in [1.82, 2.24) is 25.2 Å².